The molecule has 0 spiro atoms. The third kappa shape index (κ3) is 3.60. The number of aliphatic hydroxyl groups is 4. The summed E-state index contributed by atoms with van der Waals surface area (Å²) >= 11 is 3.23. The second kappa shape index (κ2) is 6.82. The van der Waals surface area contributed by atoms with Gasteiger partial charge in [-0.3, -0.25) is 4.79 Å². The summed E-state index contributed by atoms with van der Waals surface area (Å²) in [7, 11) is 0. The van der Waals surface area contributed by atoms with Gasteiger partial charge in [0.25, 0.3) is 5.91 Å². The predicted octanol–water partition coefficient (Wildman–Crippen LogP) is -1.02. The highest BCUT2D eigenvalue weighted by molar-refractivity contribution is 9.10. The van der Waals surface area contributed by atoms with Crippen LogP contribution in [0.2, 0.25) is 0 Å². The number of rotatable bonds is 3. The topological polar surface area (TPSA) is 119 Å². The molecule has 5 atom stereocenters. The average Bonchev–Trinajstić information content (AvgIpc) is 2.47. The zero-order chi connectivity index (χ0) is 15.6. The number of benzene rings is 1. The molecule has 5 N–H and O–H groups in total. The summed E-state index contributed by atoms with van der Waals surface area (Å²) in [6, 6.07) is 5.36. The van der Waals surface area contributed by atoms with E-state index in [0.717, 1.165) is 0 Å². The number of ether oxygens (including phenoxy) is 1. The van der Waals surface area contributed by atoms with Gasteiger partial charge in [-0.05, 0) is 18.2 Å². The Labute approximate surface area is 129 Å². The standard InChI is InChI=1S/C13H16BrNO6/c14-7-3-1-2-6(4-7)12(19)15-9-11(18)10(17)8(5-16)21-13(9)20/h1-4,8-11,13,16-18,20H,5H2,(H,15,19). The fourth-order valence-corrected chi connectivity index (χ4v) is 2.52. The van der Waals surface area contributed by atoms with Crippen molar-refractivity contribution in [1.29, 1.82) is 0 Å². The number of hydrogen-bond acceptors (Lipinski definition) is 6. The third-order valence-electron chi connectivity index (χ3n) is 3.28. The molecule has 1 aliphatic rings. The minimum absolute atomic E-state index is 0.322. The van der Waals surface area contributed by atoms with Crippen LogP contribution >= 0.6 is 15.9 Å². The first-order chi connectivity index (χ1) is 9.93. The molecule has 1 heterocycles. The number of hydrogen-bond donors (Lipinski definition) is 5. The van der Waals surface area contributed by atoms with Crippen molar-refractivity contribution >= 4 is 21.8 Å². The molecule has 8 heteroatoms. The van der Waals surface area contributed by atoms with Crippen LogP contribution in [0.15, 0.2) is 28.7 Å². The van der Waals surface area contributed by atoms with E-state index < -0.39 is 43.2 Å². The number of nitrogens with one attached hydrogen (secondary N) is 1. The molecular weight excluding hydrogens is 346 g/mol. The normalized spacial score (nSPS) is 32.7. The zero-order valence-corrected chi connectivity index (χ0v) is 12.5. The van der Waals surface area contributed by atoms with E-state index in [-0.39, 0.29) is 0 Å². The molecule has 0 aromatic heterocycles. The fraction of sp³-hybridized carbons (Fsp3) is 0.462. The third-order valence-corrected chi connectivity index (χ3v) is 3.78. The molecule has 0 radical (unpaired) electrons. The van der Waals surface area contributed by atoms with Gasteiger partial charge < -0.3 is 30.5 Å². The monoisotopic (exact) mass is 361 g/mol. The van der Waals surface area contributed by atoms with Crippen molar-refractivity contribution in [2.45, 2.75) is 30.6 Å². The smallest absolute Gasteiger partial charge is 0.251 e. The minimum atomic E-state index is -1.53. The van der Waals surface area contributed by atoms with Gasteiger partial charge in [0.15, 0.2) is 6.29 Å². The summed E-state index contributed by atoms with van der Waals surface area (Å²) in [5.74, 6) is -0.530. The Kier molecular flexibility index (Phi) is 5.31. The van der Waals surface area contributed by atoms with E-state index in [1.165, 1.54) is 0 Å². The van der Waals surface area contributed by atoms with E-state index in [1.54, 1.807) is 24.3 Å². The lowest BCUT2D eigenvalue weighted by atomic mass is 9.97. The summed E-state index contributed by atoms with van der Waals surface area (Å²) in [5.41, 5.74) is 0.322. The van der Waals surface area contributed by atoms with Crippen LogP contribution in [0.5, 0.6) is 0 Å². The highest BCUT2D eigenvalue weighted by Crippen LogP contribution is 2.20. The molecule has 116 valence electrons. The number of carbonyl (C=O) groups is 1. The molecule has 1 aromatic carbocycles. The lowest BCUT2D eigenvalue weighted by Gasteiger charge is -2.40. The van der Waals surface area contributed by atoms with Gasteiger partial charge in [-0.1, -0.05) is 22.0 Å². The average molecular weight is 362 g/mol. The van der Waals surface area contributed by atoms with Crippen molar-refractivity contribution in [1.82, 2.24) is 5.32 Å². The van der Waals surface area contributed by atoms with E-state index in [0.29, 0.717) is 10.0 Å². The molecule has 1 aromatic rings. The molecule has 0 saturated carbocycles. The highest BCUT2D eigenvalue weighted by atomic mass is 79.9. The molecule has 0 bridgehead atoms. The number of amides is 1. The zero-order valence-electron chi connectivity index (χ0n) is 10.9. The Morgan fingerprint density at radius 3 is 2.62 bits per heavy atom. The van der Waals surface area contributed by atoms with Gasteiger partial charge in [0.2, 0.25) is 0 Å². The van der Waals surface area contributed by atoms with E-state index >= 15 is 0 Å². The fourth-order valence-electron chi connectivity index (χ4n) is 2.12. The van der Waals surface area contributed by atoms with Crippen LogP contribution in [-0.2, 0) is 4.74 Å². The first-order valence-corrected chi connectivity index (χ1v) is 7.10. The molecule has 0 aliphatic carbocycles. The van der Waals surface area contributed by atoms with Gasteiger partial charge in [-0.15, -0.1) is 0 Å². The van der Waals surface area contributed by atoms with Crippen LogP contribution < -0.4 is 5.32 Å². The molecule has 1 fully saturated rings. The Morgan fingerprint density at radius 2 is 2.00 bits per heavy atom. The van der Waals surface area contributed by atoms with Crippen LogP contribution in [0.25, 0.3) is 0 Å². The first kappa shape index (κ1) is 16.3. The van der Waals surface area contributed by atoms with Crippen LogP contribution in [0.4, 0.5) is 0 Å². The highest BCUT2D eigenvalue weighted by Gasteiger charge is 2.44. The Bertz CT molecular complexity index is 513. The van der Waals surface area contributed by atoms with Gasteiger partial charge in [0.1, 0.15) is 24.4 Å². The van der Waals surface area contributed by atoms with Crippen molar-refractivity contribution in [3.8, 4) is 0 Å². The Morgan fingerprint density at radius 1 is 1.29 bits per heavy atom. The van der Waals surface area contributed by atoms with E-state index in [4.69, 9.17) is 9.84 Å². The predicted molar refractivity (Wildman–Crippen MR) is 75.4 cm³/mol. The summed E-state index contributed by atoms with van der Waals surface area (Å²) in [6.45, 7) is -0.554. The Hall–Kier alpha value is -1.03. The lowest BCUT2D eigenvalue weighted by molar-refractivity contribution is -0.252. The summed E-state index contributed by atoms with van der Waals surface area (Å²) in [6.07, 6.45) is -5.50. The number of carbonyl (C=O) groups excluding carboxylic acids is 1. The second-order valence-electron chi connectivity index (χ2n) is 4.74. The van der Waals surface area contributed by atoms with Crippen molar-refractivity contribution in [2.75, 3.05) is 6.61 Å². The molecule has 1 aliphatic heterocycles. The maximum atomic E-state index is 12.1. The molecule has 5 unspecified atom stereocenters. The summed E-state index contributed by atoms with van der Waals surface area (Å²) in [5, 5.41) is 40.8. The van der Waals surface area contributed by atoms with Gasteiger partial charge in [-0.2, -0.15) is 0 Å². The van der Waals surface area contributed by atoms with Crippen molar-refractivity contribution in [2.24, 2.45) is 0 Å². The van der Waals surface area contributed by atoms with Crippen LogP contribution in [0, 0.1) is 0 Å². The van der Waals surface area contributed by atoms with Gasteiger partial charge in [0.05, 0.1) is 6.61 Å². The van der Waals surface area contributed by atoms with Crippen molar-refractivity contribution in [3.05, 3.63) is 34.3 Å². The molecule has 1 amide bonds. The lowest BCUT2D eigenvalue weighted by Crippen LogP contribution is -2.64. The van der Waals surface area contributed by atoms with E-state index in [1.807, 2.05) is 0 Å². The van der Waals surface area contributed by atoms with E-state index in [2.05, 4.69) is 21.2 Å². The minimum Gasteiger partial charge on any atom is -0.394 e. The molecule has 2 rings (SSSR count). The molecule has 1 saturated heterocycles. The quantitative estimate of drug-likeness (QED) is 0.470. The number of aliphatic hydroxyl groups excluding tert-OH is 4. The second-order valence-corrected chi connectivity index (χ2v) is 5.65. The summed E-state index contributed by atoms with van der Waals surface area (Å²) < 4.78 is 5.67. The summed E-state index contributed by atoms with van der Waals surface area (Å²) in [4.78, 5) is 12.1. The van der Waals surface area contributed by atoms with Crippen molar-refractivity contribution < 1.29 is 30.0 Å². The van der Waals surface area contributed by atoms with Gasteiger partial charge in [0, 0.05) is 10.0 Å². The maximum absolute atomic E-state index is 12.1. The maximum Gasteiger partial charge on any atom is 0.251 e. The van der Waals surface area contributed by atoms with Gasteiger partial charge in [-0.25, -0.2) is 0 Å². The largest absolute Gasteiger partial charge is 0.394 e. The SMILES string of the molecule is O=C(NC1C(O)OC(CO)C(O)C1O)c1cccc(Br)c1. The van der Waals surface area contributed by atoms with E-state index in [9.17, 15) is 20.1 Å². The molecular formula is C13H16BrNO6. The number of halogens is 1. The van der Waals surface area contributed by atoms with Crippen LogP contribution in [-0.4, -0.2) is 63.6 Å². The van der Waals surface area contributed by atoms with Crippen LogP contribution in [0.1, 0.15) is 10.4 Å². The molecule has 7 nitrogen and oxygen atoms in total. The van der Waals surface area contributed by atoms with Crippen molar-refractivity contribution in [3.63, 3.8) is 0 Å². The van der Waals surface area contributed by atoms with Gasteiger partial charge >= 0.3 is 0 Å². The Balaban J connectivity index is 2.09. The van der Waals surface area contributed by atoms with Crippen LogP contribution in [0.3, 0.4) is 0 Å². The molecule has 21 heavy (non-hydrogen) atoms. The first-order valence-electron chi connectivity index (χ1n) is 6.31.